The van der Waals surface area contributed by atoms with E-state index in [1.807, 2.05) is 25.1 Å². The molecule has 6 nitrogen and oxygen atoms in total. The minimum Gasteiger partial charge on any atom is -0.468 e. The number of carbonyl (C=O) groups is 1. The topological polar surface area (TPSA) is 72.6 Å². The van der Waals surface area contributed by atoms with E-state index in [-0.39, 0.29) is 17.9 Å². The Morgan fingerprint density at radius 2 is 1.87 bits per heavy atom. The summed E-state index contributed by atoms with van der Waals surface area (Å²) < 4.78 is 15.8. The zero-order valence-corrected chi connectivity index (χ0v) is 13.8. The molecule has 23 heavy (non-hydrogen) atoms. The first kappa shape index (κ1) is 16.0. The average molecular weight is 318 g/mol. The molecule has 0 spiro atoms. The number of aromatic amines is 1. The lowest BCUT2D eigenvalue weighted by atomic mass is 9.84. The second-order valence-electron chi connectivity index (χ2n) is 5.77. The van der Waals surface area contributed by atoms with Crippen molar-refractivity contribution >= 4 is 16.9 Å². The third-order valence-corrected chi connectivity index (χ3v) is 4.59. The summed E-state index contributed by atoms with van der Waals surface area (Å²) in [5.41, 5.74) is 3.14. The number of benzene rings is 1. The second-order valence-corrected chi connectivity index (χ2v) is 5.77. The number of ether oxygens (including phenoxy) is 3. The predicted octanol–water partition coefficient (Wildman–Crippen LogP) is 2.08. The monoisotopic (exact) mass is 318 g/mol. The van der Waals surface area contributed by atoms with Crippen LogP contribution in [0.2, 0.25) is 0 Å². The summed E-state index contributed by atoms with van der Waals surface area (Å²) in [5, 5.41) is 4.43. The Bertz CT molecular complexity index is 708. The van der Waals surface area contributed by atoms with Gasteiger partial charge in [0.2, 0.25) is 0 Å². The molecule has 0 radical (unpaired) electrons. The highest BCUT2D eigenvalue weighted by molar-refractivity contribution is 5.88. The summed E-state index contributed by atoms with van der Waals surface area (Å²) in [6, 6.07) is 7.33. The molecule has 0 fully saturated rings. The van der Waals surface area contributed by atoms with Crippen LogP contribution in [0.5, 0.6) is 0 Å². The van der Waals surface area contributed by atoms with E-state index in [0.29, 0.717) is 0 Å². The minimum absolute atomic E-state index is 0.0285. The molecule has 2 heterocycles. The van der Waals surface area contributed by atoms with E-state index in [2.05, 4.69) is 16.4 Å². The molecule has 1 aromatic heterocycles. The fourth-order valence-electron chi connectivity index (χ4n) is 3.49. The number of nitrogens with one attached hydrogen (secondary N) is 2. The summed E-state index contributed by atoms with van der Waals surface area (Å²) >= 11 is 0. The summed E-state index contributed by atoms with van der Waals surface area (Å²) in [6.07, 6.45) is -0.513. The lowest BCUT2D eigenvalue weighted by Gasteiger charge is -2.37. The van der Waals surface area contributed by atoms with Crippen LogP contribution in [-0.4, -0.2) is 44.6 Å². The van der Waals surface area contributed by atoms with E-state index >= 15 is 0 Å². The number of hydrogen-bond donors (Lipinski definition) is 2. The lowest BCUT2D eigenvalue weighted by Crippen LogP contribution is -2.51. The van der Waals surface area contributed by atoms with E-state index < -0.39 is 12.3 Å². The highest BCUT2D eigenvalue weighted by Gasteiger charge is 2.42. The number of rotatable bonds is 4. The van der Waals surface area contributed by atoms with Gasteiger partial charge in [0.25, 0.3) is 0 Å². The number of aromatic nitrogens is 1. The van der Waals surface area contributed by atoms with Crippen LogP contribution in [0.1, 0.15) is 30.1 Å². The van der Waals surface area contributed by atoms with Gasteiger partial charge in [-0.25, -0.2) is 0 Å². The molecule has 0 saturated heterocycles. The Balaban J connectivity index is 2.17. The first-order valence-electron chi connectivity index (χ1n) is 7.62. The number of hydrogen-bond acceptors (Lipinski definition) is 5. The Labute approximate surface area is 135 Å². The number of para-hydroxylation sites is 1. The smallest absolute Gasteiger partial charge is 0.323 e. The maximum absolute atomic E-state index is 12.2. The van der Waals surface area contributed by atoms with Crippen molar-refractivity contribution in [3.8, 4) is 0 Å². The maximum atomic E-state index is 12.2. The van der Waals surface area contributed by atoms with E-state index in [4.69, 9.17) is 14.2 Å². The van der Waals surface area contributed by atoms with Crippen molar-refractivity contribution in [3.05, 3.63) is 35.5 Å². The van der Waals surface area contributed by atoms with Gasteiger partial charge in [-0.2, -0.15) is 0 Å². The maximum Gasteiger partial charge on any atom is 0.323 e. The van der Waals surface area contributed by atoms with E-state index in [0.717, 1.165) is 22.2 Å². The third kappa shape index (κ3) is 2.52. The Morgan fingerprint density at radius 1 is 1.17 bits per heavy atom. The molecule has 6 heteroatoms. The van der Waals surface area contributed by atoms with E-state index in [1.165, 1.54) is 7.11 Å². The van der Waals surface area contributed by atoms with Crippen molar-refractivity contribution in [3.63, 3.8) is 0 Å². The summed E-state index contributed by atoms with van der Waals surface area (Å²) in [4.78, 5) is 15.7. The van der Waals surface area contributed by atoms with Crippen molar-refractivity contribution < 1.29 is 19.0 Å². The first-order valence-corrected chi connectivity index (χ1v) is 7.62. The number of esters is 1. The van der Waals surface area contributed by atoms with Crippen molar-refractivity contribution in [2.24, 2.45) is 0 Å². The van der Waals surface area contributed by atoms with Crippen molar-refractivity contribution in [1.29, 1.82) is 0 Å². The molecule has 3 rings (SSSR count). The fourth-order valence-corrected chi connectivity index (χ4v) is 3.49. The van der Waals surface area contributed by atoms with Gasteiger partial charge >= 0.3 is 5.97 Å². The van der Waals surface area contributed by atoms with Crippen LogP contribution in [0.4, 0.5) is 0 Å². The van der Waals surface area contributed by atoms with Gasteiger partial charge in [0, 0.05) is 36.7 Å². The van der Waals surface area contributed by atoms with Gasteiger partial charge in [-0.3, -0.25) is 10.1 Å². The van der Waals surface area contributed by atoms with Gasteiger partial charge in [0.05, 0.1) is 13.2 Å². The Hall–Kier alpha value is -1.89. The minimum atomic E-state index is -0.513. The number of H-pyrrole nitrogens is 1. The zero-order chi connectivity index (χ0) is 16.6. The number of fused-ring (bicyclic) bond motifs is 3. The molecule has 1 aliphatic heterocycles. The standard InChI is InChI=1S/C17H22N2O4/c1-9-12-10-7-5-6-8-11(10)18-14(12)15(17(22-3)23-4)19-13(9)16(20)21-2/h5-9,13,15,17-19H,1-4H3/t9-,13+,15+/m0/s1. The molecule has 124 valence electrons. The van der Waals surface area contributed by atoms with Gasteiger partial charge in [0.15, 0.2) is 6.29 Å². The Kier molecular flexibility index (Phi) is 4.39. The normalized spacial score (nSPS) is 24.0. The molecule has 0 amide bonds. The van der Waals surface area contributed by atoms with Crippen LogP contribution in [0.25, 0.3) is 10.9 Å². The molecule has 0 bridgehead atoms. The molecule has 0 saturated carbocycles. The summed E-state index contributed by atoms with van der Waals surface area (Å²) in [6.45, 7) is 2.03. The average Bonchev–Trinajstić information content (AvgIpc) is 2.97. The highest BCUT2D eigenvalue weighted by Crippen LogP contribution is 2.40. The molecule has 1 aliphatic rings. The van der Waals surface area contributed by atoms with Crippen LogP contribution >= 0.6 is 0 Å². The summed E-state index contributed by atoms with van der Waals surface area (Å²) in [7, 11) is 4.58. The molecule has 0 unspecified atom stereocenters. The van der Waals surface area contributed by atoms with Gasteiger partial charge < -0.3 is 19.2 Å². The van der Waals surface area contributed by atoms with Gasteiger partial charge in [-0.05, 0) is 11.6 Å². The summed E-state index contributed by atoms with van der Waals surface area (Å²) in [5.74, 6) is -0.316. The van der Waals surface area contributed by atoms with Crippen LogP contribution in [-0.2, 0) is 19.0 Å². The molecule has 3 atom stereocenters. The largest absolute Gasteiger partial charge is 0.468 e. The molecule has 2 aromatic rings. The molecular formula is C17H22N2O4. The second kappa shape index (κ2) is 6.31. The van der Waals surface area contributed by atoms with E-state index in [9.17, 15) is 4.79 Å². The van der Waals surface area contributed by atoms with Crippen molar-refractivity contribution in [2.75, 3.05) is 21.3 Å². The zero-order valence-electron chi connectivity index (χ0n) is 13.8. The van der Waals surface area contributed by atoms with Crippen LogP contribution < -0.4 is 5.32 Å². The molecular weight excluding hydrogens is 296 g/mol. The Morgan fingerprint density at radius 3 is 2.52 bits per heavy atom. The number of methoxy groups -OCH3 is 3. The van der Waals surface area contributed by atoms with Crippen LogP contribution in [0.3, 0.4) is 0 Å². The van der Waals surface area contributed by atoms with Crippen LogP contribution in [0, 0.1) is 0 Å². The predicted molar refractivity (Wildman–Crippen MR) is 86.2 cm³/mol. The quantitative estimate of drug-likeness (QED) is 0.667. The van der Waals surface area contributed by atoms with Gasteiger partial charge in [-0.15, -0.1) is 0 Å². The first-order chi connectivity index (χ1) is 11.1. The third-order valence-electron chi connectivity index (χ3n) is 4.59. The van der Waals surface area contributed by atoms with Gasteiger partial charge in [-0.1, -0.05) is 25.1 Å². The van der Waals surface area contributed by atoms with Crippen molar-refractivity contribution in [1.82, 2.24) is 10.3 Å². The SMILES string of the molecule is COC(=O)[C@@H]1N[C@@H](C(OC)OC)c2[nH]c3ccccc3c2[C@@H]1C. The van der Waals surface area contributed by atoms with Gasteiger partial charge in [0.1, 0.15) is 6.04 Å². The van der Waals surface area contributed by atoms with Crippen molar-refractivity contribution in [2.45, 2.75) is 31.2 Å². The molecule has 1 aromatic carbocycles. The van der Waals surface area contributed by atoms with Crippen LogP contribution in [0.15, 0.2) is 24.3 Å². The fraction of sp³-hybridized carbons (Fsp3) is 0.471. The molecule has 0 aliphatic carbocycles. The highest BCUT2D eigenvalue weighted by atomic mass is 16.7. The molecule has 2 N–H and O–H groups in total. The van der Waals surface area contributed by atoms with E-state index in [1.54, 1.807) is 14.2 Å². The number of carbonyl (C=O) groups excluding carboxylic acids is 1. The lowest BCUT2D eigenvalue weighted by molar-refractivity contribution is -0.149.